The lowest BCUT2D eigenvalue weighted by Crippen LogP contribution is -2.29. The number of aryl methyl sites for hydroxylation is 3. The Balaban J connectivity index is 1.65. The van der Waals surface area contributed by atoms with Gasteiger partial charge in [0.05, 0.1) is 22.1 Å². The van der Waals surface area contributed by atoms with Crippen molar-refractivity contribution in [3.8, 4) is 0 Å². The van der Waals surface area contributed by atoms with Gasteiger partial charge in [-0.3, -0.25) is 19.2 Å². The Morgan fingerprint density at radius 1 is 0.846 bits per heavy atom. The van der Waals surface area contributed by atoms with Crippen molar-refractivity contribution < 1.29 is 24.4 Å². The van der Waals surface area contributed by atoms with Gasteiger partial charge in [0, 0.05) is 52.7 Å². The number of carbonyl (C=O) groups excluding carboxylic acids is 4. The van der Waals surface area contributed by atoms with Crippen molar-refractivity contribution in [1.82, 2.24) is 19.0 Å². The number of amides is 4. The van der Waals surface area contributed by atoms with Crippen LogP contribution in [-0.4, -0.2) is 54.9 Å². The summed E-state index contributed by atoms with van der Waals surface area (Å²) in [5, 5.41) is 21.9. The first kappa shape index (κ1) is 28.6. The summed E-state index contributed by atoms with van der Waals surface area (Å²) in [7, 11) is 4.93. The third kappa shape index (κ3) is 7.07. The fourth-order valence-electron chi connectivity index (χ4n) is 3.61. The van der Waals surface area contributed by atoms with Crippen LogP contribution in [0.1, 0.15) is 37.9 Å². The quantitative estimate of drug-likeness (QED) is 0.0723. The minimum atomic E-state index is -0.586. The van der Waals surface area contributed by atoms with E-state index in [1.54, 1.807) is 44.3 Å². The summed E-state index contributed by atoms with van der Waals surface area (Å²) in [4.78, 5) is 49.9. The number of hydrogen-bond acceptors (Lipinski definition) is 6. The highest BCUT2D eigenvalue weighted by Crippen LogP contribution is 2.20. The van der Waals surface area contributed by atoms with Crippen molar-refractivity contribution in [1.29, 1.82) is 0 Å². The van der Waals surface area contributed by atoms with Gasteiger partial charge >= 0.3 is 0 Å². The van der Waals surface area contributed by atoms with Crippen molar-refractivity contribution in [3.05, 3.63) is 65.5 Å². The molecule has 0 radical (unpaired) electrons. The average Bonchev–Trinajstić information content (AvgIpc) is 3.54. The summed E-state index contributed by atoms with van der Waals surface area (Å²) in [5.41, 5.74) is 7.30. The molecule has 0 spiro atoms. The van der Waals surface area contributed by atoms with Gasteiger partial charge in [-0.05, 0) is 18.2 Å². The Hall–Kier alpha value is -4.98. The molecule has 0 aliphatic rings. The minimum absolute atomic E-state index is 0.0101. The standard InChI is InChI=1S/C24H28ClN9O5/c1-13(25)21(35)28-14-8-18(33(3)10-14)23(37)30-16-9-19(34(4)12-16)24(38)29-15-7-17(32(2)11-15)22(36)27-6-5-20(26)31-39/h7-12,39H,1,5-6H2,2-4H3,(H2,26,31)(H,27,36)(H,28,35)(H,29,38)(H,30,37). The van der Waals surface area contributed by atoms with Crippen molar-refractivity contribution >= 4 is 58.1 Å². The molecule has 7 N–H and O–H groups in total. The van der Waals surface area contributed by atoms with Crippen molar-refractivity contribution in [3.63, 3.8) is 0 Å². The number of nitrogens with two attached hydrogens (primary N) is 1. The van der Waals surface area contributed by atoms with E-state index in [9.17, 15) is 19.2 Å². The first-order valence-electron chi connectivity index (χ1n) is 11.4. The number of anilines is 3. The van der Waals surface area contributed by atoms with Crippen molar-refractivity contribution in [2.45, 2.75) is 6.42 Å². The van der Waals surface area contributed by atoms with Crippen LogP contribution in [0, 0.1) is 0 Å². The number of hydrogen-bond donors (Lipinski definition) is 6. The Morgan fingerprint density at radius 3 is 1.67 bits per heavy atom. The van der Waals surface area contributed by atoms with E-state index < -0.39 is 23.6 Å². The molecule has 3 aromatic rings. The predicted molar refractivity (Wildman–Crippen MR) is 146 cm³/mol. The maximum absolute atomic E-state index is 12.9. The molecule has 39 heavy (non-hydrogen) atoms. The molecule has 0 atom stereocenters. The van der Waals surface area contributed by atoms with Gasteiger partial charge in [-0.1, -0.05) is 23.3 Å². The van der Waals surface area contributed by atoms with Crippen LogP contribution in [0.25, 0.3) is 0 Å². The van der Waals surface area contributed by atoms with E-state index in [4.69, 9.17) is 22.5 Å². The average molecular weight is 558 g/mol. The second-order valence-corrected chi connectivity index (χ2v) is 9.00. The van der Waals surface area contributed by atoms with Crippen LogP contribution < -0.4 is 27.0 Å². The number of aromatic nitrogens is 3. The Bertz CT molecular complexity index is 1480. The summed E-state index contributed by atoms with van der Waals surface area (Å²) in [5.74, 6) is -1.93. The zero-order valence-electron chi connectivity index (χ0n) is 21.4. The second-order valence-electron chi connectivity index (χ2n) is 8.54. The van der Waals surface area contributed by atoms with Crippen molar-refractivity contribution in [2.75, 3.05) is 22.5 Å². The van der Waals surface area contributed by atoms with Crippen molar-refractivity contribution in [2.24, 2.45) is 32.0 Å². The molecule has 0 aliphatic heterocycles. The fourth-order valence-corrected chi connectivity index (χ4v) is 3.66. The van der Waals surface area contributed by atoms with E-state index in [-0.39, 0.29) is 40.9 Å². The second kappa shape index (κ2) is 12.0. The minimum Gasteiger partial charge on any atom is -0.409 e. The van der Waals surface area contributed by atoms with E-state index in [2.05, 4.69) is 33.0 Å². The summed E-state index contributed by atoms with van der Waals surface area (Å²) in [6.07, 6.45) is 4.87. The van der Waals surface area contributed by atoms with E-state index in [0.29, 0.717) is 17.1 Å². The maximum Gasteiger partial charge on any atom is 0.272 e. The number of rotatable bonds is 10. The highest BCUT2D eigenvalue weighted by atomic mass is 35.5. The van der Waals surface area contributed by atoms with Gasteiger partial charge in [-0.15, -0.1) is 0 Å². The Morgan fingerprint density at radius 2 is 1.26 bits per heavy atom. The lowest BCUT2D eigenvalue weighted by molar-refractivity contribution is -0.112. The maximum atomic E-state index is 12.9. The third-order valence-corrected chi connectivity index (χ3v) is 5.70. The molecule has 4 amide bonds. The summed E-state index contributed by atoms with van der Waals surface area (Å²) < 4.78 is 4.61. The monoisotopic (exact) mass is 557 g/mol. The molecule has 0 fully saturated rings. The largest absolute Gasteiger partial charge is 0.409 e. The van der Waals surface area contributed by atoms with Gasteiger partial charge in [-0.25, -0.2) is 0 Å². The third-order valence-electron chi connectivity index (χ3n) is 5.53. The number of carbonyl (C=O) groups is 4. The first-order valence-corrected chi connectivity index (χ1v) is 11.8. The van der Waals surface area contributed by atoms with Crippen LogP contribution in [0.2, 0.25) is 0 Å². The zero-order valence-corrected chi connectivity index (χ0v) is 22.2. The van der Waals surface area contributed by atoms with E-state index >= 15 is 0 Å². The SMILES string of the molecule is C=C(Cl)C(=O)Nc1cc(C(=O)Nc2cc(C(=O)Nc3cc(C(=O)NCCC(N)=NO)n(C)c3)n(C)c2)n(C)c1. The number of oxime groups is 1. The highest BCUT2D eigenvalue weighted by molar-refractivity contribution is 6.43. The molecule has 3 aromatic heterocycles. The topological polar surface area (TPSA) is 190 Å². The summed E-state index contributed by atoms with van der Waals surface area (Å²) in [6.45, 7) is 3.52. The molecule has 14 nitrogen and oxygen atoms in total. The molecule has 206 valence electrons. The van der Waals surface area contributed by atoms with Crippen LogP contribution in [-0.2, 0) is 25.9 Å². The van der Waals surface area contributed by atoms with Gasteiger partial charge in [0.2, 0.25) is 0 Å². The molecule has 0 aromatic carbocycles. The first-order chi connectivity index (χ1) is 18.4. The number of nitrogens with one attached hydrogen (secondary N) is 4. The molecule has 3 heterocycles. The molecule has 3 rings (SSSR count). The van der Waals surface area contributed by atoms with Crippen LogP contribution in [0.4, 0.5) is 17.1 Å². The zero-order chi connectivity index (χ0) is 28.9. The van der Waals surface area contributed by atoms with Gasteiger partial charge < -0.3 is 45.9 Å². The molecule has 0 saturated carbocycles. The van der Waals surface area contributed by atoms with E-state index in [0.717, 1.165) is 0 Å². The van der Waals surface area contributed by atoms with Crippen LogP contribution in [0.3, 0.4) is 0 Å². The van der Waals surface area contributed by atoms with Crippen LogP contribution >= 0.6 is 11.6 Å². The molecule has 15 heteroatoms. The van der Waals surface area contributed by atoms with Gasteiger partial charge in [0.1, 0.15) is 22.9 Å². The molecular formula is C24H28ClN9O5. The fraction of sp³-hybridized carbons (Fsp3) is 0.208. The lowest BCUT2D eigenvalue weighted by atomic mass is 10.3. The molecule has 0 saturated heterocycles. The number of halogens is 1. The van der Waals surface area contributed by atoms with Gasteiger partial charge in [0.25, 0.3) is 23.6 Å². The normalized spacial score (nSPS) is 11.1. The molecular weight excluding hydrogens is 530 g/mol. The van der Waals surface area contributed by atoms with E-state index in [1.165, 1.54) is 27.3 Å². The number of amidine groups is 1. The summed E-state index contributed by atoms with van der Waals surface area (Å²) >= 11 is 5.58. The lowest BCUT2D eigenvalue weighted by Gasteiger charge is -2.04. The molecule has 0 unspecified atom stereocenters. The van der Waals surface area contributed by atoms with Crippen LogP contribution in [0.15, 0.2) is 53.6 Å². The Kier molecular flexibility index (Phi) is 8.83. The smallest absolute Gasteiger partial charge is 0.272 e. The molecule has 0 aliphatic carbocycles. The Labute approximate surface area is 228 Å². The highest BCUT2D eigenvalue weighted by Gasteiger charge is 2.19. The van der Waals surface area contributed by atoms with Crippen LogP contribution in [0.5, 0.6) is 0 Å². The predicted octanol–water partition coefficient (Wildman–Crippen LogP) is 1.76. The van der Waals surface area contributed by atoms with Gasteiger partial charge in [-0.2, -0.15) is 0 Å². The van der Waals surface area contributed by atoms with E-state index in [1.807, 2.05) is 0 Å². The van der Waals surface area contributed by atoms with Gasteiger partial charge in [0.15, 0.2) is 0 Å². The molecule has 0 bridgehead atoms. The summed E-state index contributed by atoms with van der Waals surface area (Å²) in [6, 6.07) is 4.48. The number of nitrogens with zero attached hydrogens (tertiary/aromatic N) is 4.